The van der Waals surface area contributed by atoms with E-state index in [9.17, 15) is 14.0 Å². The van der Waals surface area contributed by atoms with Gasteiger partial charge in [-0.05, 0) is 37.3 Å². The van der Waals surface area contributed by atoms with Gasteiger partial charge in [-0.15, -0.1) is 10.2 Å². The zero-order chi connectivity index (χ0) is 19.2. The van der Waals surface area contributed by atoms with Crippen LogP contribution in [0.15, 0.2) is 52.9 Å². The molecular weight excluding hydrogens is 353 g/mol. The largest absolute Gasteiger partial charge is 0.454 e. The summed E-state index contributed by atoms with van der Waals surface area (Å²) in [6.07, 6.45) is 0. The standard InChI is InChI=1S/C19H16FN3O4/c1-12-4-2-6-14(8-12)19-23-22-16(27-19)11-26-17(24)10-21-18(25)13-5-3-7-15(20)9-13/h2-9H,10-11H2,1H3,(H,21,25). The minimum atomic E-state index is -0.685. The van der Waals surface area contributed by atoms with Crippen molar-refractivity contribution in [3.63, 3.8) is 0 Å². The number of esters is 1. The minimum Gasteiger partial charge on any atom is -0.454 e. The van der Waals surface area contributed by atoms with Crippen molar-refractivity contribution >= 4 is 11.9 Å². The van der Waals surface area contributed by atoms with Crippen molar-refractivity contribution in [1.82, 2.24) is 15.5 Å². The Kier molecular flexibility index (Phi) is 5.55. The molecule has 0 atom stereocenters. The van der Waals surface area contributed by atoms with Gasteiger partial charge in [-0.2, -0.15) is 0 Å². The number of halogens is 1. The first-order chi connectivity index (χ1) is 13.0. The second kappa shape index (κ2) is 8.22. The Bertz CT molecular complexity index is 971. The monoisotopic (exact) mass is 369 g/mol. The Labute approximate surface area is 154 Å². The lowest BCUT2D eigenvalue weighted by molar-refractivity contribution is -0.144. The maximum Gasteiger partial charge on any atom is 0.325 e. The van der Waals surface area contributed by atoms with Gasteiger partial charge in [0.1, 0.15) is 12.4 Å². The summed E-state index contributed by atoms with van der Waals surface area (Å²) in [6.45, 7) is 1.36. The minimum absolute atomic E-state index is 0.113. The number of nitrogens with zero attached hydrogens (tertiary/aromatic N) is 2. The second-order valence-corrected chi connectivity index (χ2v) is 5.72. The third-order valence-electron chi connectivity index (χ3n) is 3.57. The molecule has 1 heterocycles. The molecule has 0 spiro atoms. The molecule has 0 aliphatic carbocycles. The zero-order valence-corrected chi connectivity index (χ0v) is 14.4. The Balaban J connectivity index is 1.49. The molecule has 3 aromatic rings. The van der Waals surface area contributed by atoms with Crippen LogP contribution in [0.1, 0.15) is 21.8 Å². The van der Waals surface area contributed by atoms with E-state index in [4.69, 9.17) is 9.15 Å². The van der Waals surface area contributed by atoms with Crippen molar-refractivity contribution in [2.45, 2.75) is 13.5 Å². The molecule has 1 amide bonds. The predicted octanol–water partition coefficient (Wildman–Crippen LogP) is 2.66. The topological polar surface area (TPSA) is 94.3 Å². The molecule has 0 unspecified atom stereocenters. The van der Waals surface area contributed by atoms with Gasteiger partial charge in [-0.1, -0.05) is 23.8 Å². The van der Waals surface area contributed by atoms with Gasteiger partial charge in [-0.25, -0.2) is 4.39 Å². The molecular formula is C19H16FN3O4. The molecule has 27 heavy (non-hydrogen) atoms. The molecule has 138 valence electrons. The van der Waals surface area contributed by atoms with Crippen molar-refractivity contribution in [2.75, 3.05) is 6.54 Å². The van der Waals surface area contributed by atoms with Gasteiger partial charge in [-0.3, -0.25) is 9.59 Å². The van der Waals surface area contributed by atoms with Gasteiger partial charge in [0.05, 0.1) is 0 Å². The summed E-state index contributed by atoms with van der Waals surface area (Å²) in [5, 5.41) is 10.1. The Hall–Kier alpha value is -3.55. The SMILES string of the molecule is Cc1cccc(-c2nnc(COC(=O)CNC(=O)c3cccc(F)c3)o2)c1. The lowest BCUT2D eigenvalue weighted by atomic mass is 10.1. The van der Waals surface area contributed by atoms with E-state index < -0.39 is 17.7 Å². The molecule has 0 aliphatic rings. The number of carbonyl (C=O) groups is 2. The van der Waals surface area contributed by atoms with Crippen LogP contribution in [-0.4, -0.2) is 28.6 Å². The van der Waals surface area contributed by atoms with Crippen molar-refractivity contribution in [1.29, 1.82) is 0 Å². The number of carbonyl (C=O) groups excluding carboxylic acids is 2. The van der Waals surface area contributed by atoms with Crippen molar-refractivity contribution < 1.29 is 23.1 Å². The number of amides is 1. The van der Waals surface area contributed by atoms with Crippen LogP contribution in [0.25, 0.3) is 11.5 Å². The first-order valence-electron chi connectivity index (χ1n) is 8.10. The van der Waals surface area contributed by atoms with Crippen LogP contribution < -0.4 is 5.32 Å². The summed E-state index contributed by atoms with van der Waals surface area (Å²) < 4.78 is 23.5. The molecule has 0 saturated heterocycles. The lowest BCUT2D eigenvalue weighted by Crippen LogP contribution is -2.30. The van der Waals surface area contributed by atoms with Gasteiger partial charge in [0.25, 0.3) is 11.8 Å². The van der Waals surface area contributed by atoms with E-state index in [1.807, 2.05) is 31.2 Å². The predicted molar refractivity (Wildman–Crippen MR) is 93.0 cm³/mol. The Morgan fingerprint density at radius 3 is 2.74 bits per heavy atom. The van der Waals surface area contributed by atoms with Crippen LogP contribution in [0, 0.1) is 12.7 Å². The van der Waals surface area contributed by atoms with Crippen LogP contribution in [0.3, 0.4) is 0 Å². The summed E-state index contributed by atoms with van der Waals surface area (Å²) in [4.78, 5) is 23.6. The third-order valence-corrected chi connectivity index (χ3v) is 3.57. The highest BCUT2D eigenvalue weighted by molar-refractivity contribution is 5.95. The van der Waals surface area contributed by atoms with Crippen molar-refractivity contribution in [2.24, 2.45) is 0 Å². The van der Waals surface area contributed by atoms with Crippen LogP contribution in [0.2, 0.25) is 0 Å². The summed E-state index contributed by atoms with van der Waals surface area (Å²) in [5.74, 6) is -1.34. The fourth-order valence-electron chi connectivity index (χ4n) is 2.28. The molecule has 1 aromatic heterocycles. The Morgan fingerprint density at radius 2 is 1.96 bits per heavy atom. The highest BCUT2D eigenvalue weighted by atomic mass is 19.1. The van der Waals surface area contributed by atoms with E-state index in [-0.39, 0.29) is 24.6 Å². The van der Waals surface area contributed by atoms with Crippen LogP contribution in [-0.2, 0) is 16.1 Å². The van der Waals surface area contributed by atoms with E-state index in [2.05, 4.69) is 15.5 Å². The zero-order valence-electron chi connectivity index (χ0n) is 14.4. The van der Waals surface area contributed by atoms with Gasteiger partial charge in [0, 0.05) is 11.1 Å². The van der Waals surface area contributed by atoms with Crippen LogP contribution in [0.5, 0.6) is 0 Å². The van der Waals surface area contributed by atoms with Gasteiger partial charge < -0.3 is 14.5 Å². The van der Waals surface area contributed by atoms with Crippen molar-refractivity contribution in [3.05, 3.63) is 71.4 Å². The van der Waals surface area contributed by atoms with Crippen molar-refractivity contribution in [3.8, 4) is 11.5 Å². The normalized spacial score (nSPS) is 10.4. The second-order valence-electron chi connectivity index (χ2n) is 5.72. The van der Waals surface area contributed by atoms with Crippen LogP contribution >= 0.6 is 0 Å². The van der Waals surface area contributed by atoms with E-state index in [0.717, 1.165) is 17.2 Å². The number of aromatic nitrogens is 2. The van der Waals surface area contributed by atoms with E-state index >= 15 is 0 Å². The number of benzene rings is 2. The maximum absolute atomic E-state index is 13.1. The molecule has 0 fully saturated rings. The third kappa shape index (κ3) is 4.97. The quantitative estimate of drug-likeness (QED) is 0.672. The van der Waals surface area contributed by atoms with E-state index in [1.54, 1.807) is 0 Å². The molecule has 1 N–H and O–H groups in total. The van der Waals surface area contributed by atoms with Gasteiger partial charge in [0.15, 0.2) is 6.61 Å². The molecule has 0 aliphatic heterocycles. The van der Waals surface area contributed by atoms with Crippen LogP contribution in [0.4, 0.5) is 4.39 Å². The average Bonchev–Trinajstić information content (AvgIpc) is 3.13. The van der Waals surface area contributed by atoms with E-state index in [1.165, 1.54) is 18.2 Å². The molecule has 0 saturated carbocycles. The fourth-order valence-corrected chi connectivity index (χ4v) is 2.28. The lowest BCUT2D eigenvalue weighted by Gasteiger charge is -2.05. The van der Waals surface area contributed by atoms with Gasteiger partial charge >= 0.3 is 5.97 Å². The molecule has 7 nitrogen and oxygen atoms in total. The smallest absolute Gasteiger partial charge is 0.325 e. The number of nitrogens with one attached hydrogen (secondary N) is 1. The molecule has 8 heteroatoms. The number of ether oxygens (including phenoxy) is 1. The summed E-state index contributed by atoms with van der Waals surface area (Å²) in [6, 6.07) is 12.7. The Morgan fingerprint density at radius 1 is 1.15 bits per heavy atom. The number of aryl methyl sites for hydroxylation is 1. The number of rotatable bonds is 6. The first kappa shape index (κ1) is 18.2. The van der Waals surface area contributed by atoms with E-state index in [0.29, 0.717) is 5.89 Å². The fraction of sp³-hybridized carbons (Fsp3) is 0.158. The highest BCUT2D eigenvalue weighted by Gasteiger charge is 2.13. The summed E-state index contributed by atoms with van der Waals surface area (Å²) >= 11 is 0. The molecule has 2 aromatic carbocycles. The first-order valence-corrected chi connectivity index (χ1v) is 8.10. The summed E-state index contributed by atoms with van der Waals surface area (Å²) in [5.41, 5.74) is 1.93. The summed E-state index contributed by atoms with van der Waals surface area (Å²) in [7, 11) is 0. The highest BCUT2D eigenvalue weighted by Crippen LogP contribution is 2.19. The molecule has 0 radical (unpaired) electrons. The molecule has 3 rings (SSSR count). The number of hydrogen-bond acceptors (Lipinski definition) is 6. The average molecular weight is 369 g/mol. The molecule has 0 bridgehead atoms. The maximum atomic E-state index is 13.1. The van der Waals surface area contributed by atoms with Gasteiger partial charge in [0.2, 0.25) is 5.89 Å². The number of hydrogen-bond donors (Lipinski definition) is 1.